The van der Waals surface area contributed by atoms with Crippen molar-refractivity contribution in [3.8, 4) is 0 Å². The molecule has 0 radical (unpaired) electrons. The summed E-state index contributed by atoms with van der Waals surface area (Å²) in [6.45, 7) is 6.74. The van der Waals surface area contributed by atoms with Crippen LogP contribution >= 0.6 is 0 Å². The van der Waals surface area contributed by atoms with Crippen molar-refractivity contribution >= 4 is 5.91 Å². The highest BCUT2D eigenvalue weighted by Crippen LogP contribution is 2.40. The Morgan fingerprint density at radius 3 is 2.88 bits per heavy atom. The van der Waals surface area contributed by atoms with Crippen LogP contribution in [0.5, 0.6) is 0 Å². The summed E-state index contributed by atoms with van der Waals surface area (Å²) in [5, 5.41) is 0. The lowest BCUT2D eigenvalue weighted by molar-refractivity contribution is -0.148. The second kappa shape index (κ2) is 6.06. The first-order chi connectivity index (χ1) is 11.6. The Balaban J connectivity index is 1.46. The lowest BCUT2D eigenvalue weighted by Crippen LogP contribution is -2.68. The van der Waals surface area contributed by atoms with Crippen LogP contribution in [-0.2, 0) is 26.2 Å². The minimum Gasteiger partial charge on any atom is -0.376 e. The van der Waals surface area contributed by atoms with Crippen molar-refractivity contribution in [2.75, 3.05) is 46.5 Å². The van der Waals surface area contributed by atoms with Crippen molar-refractivity contribution < 1.29 is 14.3 Å². The fourth-order valence-electron chi connectivity index (χ4n) is 3.86. The van der Waals surface area contributed by atoms with Gasteiger partial charge in [0.25, 0.3) is 0 Å². The fourth-order valence-corrected chi connectivity index (χ4v) is 3.86. The summed E-state index contributed by atoms with van der Waals surface area (Å²) in [6, 6.07) is 0. The lowest BCUT2D eigenvalue weighted by Gasteiger charge is -2.51. The molecule has 3 aliphatic rings. The number of aryl methyl sites for hydroxylation is 1. The van der Waals surface area contributed by atoms with E-state index < -0.39 is 5.41 Å². The van der Waals surface area contributed by atoms with E-state index in [0.29, 0.717) is 32.9 Å². The zero-order chi connectivity index (χ0) is 16.7. The SMILES string of the molecule is Cc1ncc2c(n1)C1(CN(C)C1)C(=O)N(CCCOC1COC1)C2. The normalized spacial score (nSPS) is 23.1. The van der Waals surface area contributed by atoms with Crippen LogP contribution in [0.4, 0.5) is 0 Å². The number of nitrogens with zero attached hydrogens (tertiary/aromatic N) is 4. The Labute approximate surface area is 142 Å². The number of ether oxygens (including phenoxy) is 2. The van der Waals surface area contributed by atoms with Gasteiger partial charge in [-0.25, -0.2) is 9.97 Å². The van der Waals surface area contributed by atoms with Crippen molar-refractivity contribution in [3.05, 3.63) is 23.3 Å². The summed E-state index contributed by atoms with van der Waals surface area (Å²) < 4.78 is 10.8. The molecule has 1 aromatic rings. The van der Waals surface area contributed by atoms with Crippen molar-refractivity contribution in [3.63, 3.8) is 0 Å². The van der Waals surface area contributed by atoms with Crippen LogP contribution in [0.25, 0.3) is 0 Å². The Morgan fingerprint density at radius 1 is 1.42 bits per heavy atom. The van der Waals surface area contributed by atoms with Gasteiger partial charge in [-0.05, 0) is 20.4 Å². The third-order valence-electron chi connectivity index (χ3n) is 5.11. The van der Waals surface area contributed by atoms with Gasteiger partial charge in [-0.15, -0.1) is 0 Å². The first-order valence-electron chi connectivity index (χ1n) is 8.59. The Kier molecular flexibility index (Phi) is 4.02. The van der Waals surface area contributed by atoms with Crippen molar-refractivity contribution in [1.82, 2.24) is 19.8 Å². The predicted octanol–water partition coefficient (Wildman–Crippen LogP) is 0.116. The Bertz CT molecular complexity index is 641. The van der Waals surface area contributed by atoms with Crippen LogP contribution in [0.1, 0.15) is 23.5 Å². The number of carbonyl (C=O) groups is 1. The average Bonchev–Trinajstić information content (AvgIpc) is 2.48. The molecular formula is C17H24N4O3. The third kappa shape index (κ3) is 2.60. The maximum atomic E-state index is 13.1. The first-order valence-corrected chi connectivity index (χ1v) is 8.59. The van der Waals surface area contributed by atoms with E-state index in [9.17, 15) is 4.79 Å². The highest BCUT2D eigenvalue weighted by atomic mass is 16.6. The highest BCUT2D eigenvalue weighted by molar-refractivity contribution is 5.91. The standard InChI is InChI=1S/C17H24N4O3/c1-12-18-6-13-7-21(4-3-5-24-14-8-23-9-14)16(22)17(15(13)19-12)10-20(2)11-17/h6,14H,3-5,7-11H2,1-2H3. The van der Waals surface area contributed by atoms with E-state index in [1.807, 2.05) is 25.1 Å². The molecule has 0 bridgehead atoms. The lowest BCUT2D eigenvalue weighted by atomic mass is 9.72. The minimum absolute atomic E-state index is 0.207. The van der Waals surface area contributed by atoms with Gasteiger partial charge in [0.1, 0.15) is 17.3 Å². The van der Waals surface area contributed by atoms with Crippen LogP contribution in [0.3, 0.4) is 0 Å². The summed E-state index contributed by atoms with van der Waals surface area (Å²) in [5.74, 6) is 0.943. The quantitative estimate of drug-likeness (QED) is 0.713. The molecule has 2 fully saturated rings. The molecule has 0 aliphatic carbocycles. The Hall–Kier alpha value is -1.57. The maximum Gasteiger partial charge on any atom is 0.237 e. The van der Waals surface area contributed by atoms with E-state index in [-0.39, 0.29) is 12.0 Å². The summed E-state index contributed by atoms with van der Waals surface area (Å²) in [6.07, 6.45) is 2.97. The molecule has 0 N–H and O–H groups in total. The van der Waals surface area contributed by atoms with Crippen LogP contribution in [0.2, 0.25) is 0 Å². The van der Waals surface area contributed by atoms with Crippen LogP contribution in [-0.4, -0.2) is 78.3 Å². The van der Waals surface area contributed by atoms with Crippen molar-refractivity contribution in [2.24, 2.45) is 0 Å². The van der Waals surface area contributed by atoms with Gasteiger partial charge in [0.15, 0.2) is 0 Å². The zero-order valence-corrected chi connectivity index (χ0v) is 14.3. The van der Waals surface area contributed by atoms with E-state index in [1.54, 1.807) is 0 Å². The molecule has 1 spiro atoms. The van der Waals surface area contributed by atoms with Crippen molar-refractivity contribution in [1.29, 1.82) is 0 Å². The molecule has 130 valence electrons. The zero-order valence-electron chi connectivity index (χ0n) is 14.3. The molecule has 2 saturated heterocycles. The molecule has 0 atom stereocenters. The number of amides is 1. The summed E-state index contributed by atoms with van der Waals surface area (Å²) in [4.78, 5) is 26.2. The number of hydrogen-bond acceptors (Lipinski definition) is 6. The van der Waals surface area contributed by atoms with E-state index in [2.05, 4.69) is 14.9 Å². The number of hydrogen-bond donors (Lipinski definition) is 0. The second-order valence-corrected chi connectivity index (χ2v) is 7.16. The summed E-state index contributed by atoms with van der Waals surface area (Å²) in [5.41, 5.74) is 1.55. The molecule has 7 nitrogen and oxygen atoms in total. The van der Waals surface area contributed by atoms with Gasteiger partial charge in [0.2, 0.25) is 5.91 Å². The van der Waals surface area contributed by atoms with Gasteiger partial charge >= 0.3 is 0 Å². The molecule has 3 aliphatic heterocycles. The number of rotatable bonds is 5. The largest absolute Gasteiger partial charge is 0.376 e. The third-order valence-corrected chi connectivity index (χ3v) is 5.11. The topological polar surface area (TPSA) is 67.8 Å². The molecule has 4 rings (SSSR count). The smallest absolute Gasteiger partial charge is 0.237 e. The van der Waals surface area contributed by atoms with E-state index in [0.717, 1.165) is 36.6 Å². The monoisotopic (exact) mass is 332 g/mol. The molecule has 0 saturated carbocycles. The molecular weight excluding hydrogens is 308 g/mol. The van der Waals surface area contributed by atoms with Gasteiger partial charge in [0, 0.05) is 44.5 Å². The Morgan fingerprint density at radius 2 is 2.21 bits per heavy atom. The van der Waals surface area contributed by atoms with Crippen LogP contribution < -0.4 is 0 Å². The van der Waals surface area contributed by atoms with Gasteiger partial charge in [-0.1, -0.05) is 0 Å². The van der Waals surface area contributed by atoms with E-state index in [1.165, 1.54) is 0 Å². The van der Waals surface area contributed by atoms with Crippen LogP contribution in [0, 0.1) is 6.92 Å². The first kappa shape index (κ1) is 15.9. The molecule has 0 aromatic carbocycles. The number of likely N-dealkylation sites (tertiary alicyclic amines) is 1. The van der Waals surface area contributed by atoms with Crippen LogP contribution in [0.15, 0.2) is 6.20 Å². The maximum absolute atomic E-state index is 13.1. The van der Waals surface area contributed by atoms with Crippen molar-refractivity contribution in [2.45, 2.75) is 31.4 Å². The number of carbonyl (C=O) groups excluding carboxylic acids is 1. The molecule has 7 heteroatoms. The average molecular weight is 332 g/mol. The molecule has 1 aromatic heterocycles. The predicted molar refractivity (Wildman–Crippen MR) is 86.5 cm³/mol. The number of aromatic nitrogens is 2. The minimum atomic E-state index is -0.474. The van der Waals surface area contributed by atoms with Gasteiger partial charge in [0.05, 0.1) is 18.9 Å². The van der Waals surface area contributed by atoms with Gasteiger partial charge < -0.3 is 19.3 Å². The molecule has 24 heavy (non-hydrogen) atoms. The summed E-state index contributed by atoms with van der Waals surface area (Å²) in [7, 11) is 2.04. The number of fused-ring (bicyclic) bond motifs is 2. The second-order valence-electron chi connectivity index (χ2n) is 7.16. The van der Waals surface area contributed by atoms with E-state index >= 15 is 0 Å². The van der Waals surface area contributed by atoms with E-state index in [4.69, 9.17) is 9.47 Å². The van der Waals surface area contributed by atoms with Gasteiger partial charge in [-0.2, -0.15) is 0 Å². The molecule has 0 unspecified atom stereocenters. The van der Waals surface area contributed by atoms with Gasteiger partial charge in [-0.3, -0.25) is 4.79 Å². The molecule has 4 heterocycles. The fraction of sp³-hybridized carbons (Fsp3) is 0.706. The summed E-state index contributed by atoms with van der Waals surface area (Å²) >= 11 is 0. The number of likely N-dealkylation sites (N-methyl/N-ethyl adjacent to an activating group) is 1. The highest BCUT2D eigenvalue weighted by Gasteiger charge is 2.55. The molecule has 1 amide bonds.